The molecule has 3 nitrogen and oxygen atoms in total. The number of aromatic carboxylic acids is 1. The molecule has 1 heterocycles. The van der Waals surface area contributed by atoms with E-state index in [0.717, 1.165) is 23.2 Å². The number of rotatable bonds is 2. The summed E-state index contributed by atoms with van der Waals surface area (Å²) >= 11 is 5.89. The summed E-state index contributed by atoms with van der Waals surface area (Å²) < 4.78 is 13.4. The first kappa shape index (κ1) is 15.8. The topological polar surface area (TPSA) is 49.3 Å². The van der Waals surface area contributed by atoms with Crippen molar-refractivity contribution < 1.29 is 14.3 Å². The summed E-state index contributed by atoms with van der Waals surface area (Å²) in [4.78, 5) is 11.2. The highest BCUT2D eigenvalue weighted by atomic mass is 35.5. The number of halogens is 2. The zero-order valence-corrected chi connectivity index (χ0v) is 13.6. The third kappa shape index (κ3) is 2.91. The number of carboxylic acid groups (broad SMARTS) is 1. The fourth-order valence-corrected chi connectivity index (χ4v) is 3.34. The highest BCUT2D eigenvalue weighted by Gasteiger charge is 2.34. The van der Waals surface area contributed by atoms with Crippen LogP contribution in [0, 0.1) is 5.82 Å². The highest BCUT2D eigenvalue weighted by molar-refractivity contribution is 6.30. The van der Waals surface area contributed by atoms with Crippen molar-refractivity contribution in [2.75, 3.05) is 5.32 Å². The summed E-state index contributed by atoms with van der Waals surface area (Å²) in [6, 6.07) is 9.83. The summed E-state index contributed by atoms with van der Waals surface area (Å²) in [5.74, 6) is -1.37. The van der Waals surface area contributed by atoms with Crippen LogP contribution in [0.2, 0.25) is 5.02 Å². The molecule has 0 amide bonds. The van der Waals surface area contributed by atoms with Gasteiger partial charge in [-0.05, 0) is 53.3 Å². The second-order valence-corrected chi connectivity index (χ2v) is 6.93. The fraction of sp³-hybridized carbons (Fsp3) is 0.278. The van der Waals surface area contributed by atoms with Crippen LogP contribution < -0.4 is 5.32 Å². The van der Waals surface area contributed by atoms with E-state index >= 15 is 0 Å². The van der Waals surface area contributed by atoms with E-state index in [4.69, 9.17) is 11.6 Å². The number of fused-ring (bicyclic) bond motifs is 1. The van der Waals surface area contributed by atoms with Gasteiger partial charge in [-0.25, -0.2) is 9.18 Å². The van der Waals surface area contributed by atoms with Crippen molar-refractivity contribution in [3.8, 4) is 0 Å². The van der Waals surface area contributed by atoms with Crippen molar-refractivity contribution >= 4 is 23.3 Å². The van der Waals surface area contributed by atoms with Gasteiger partial charge in [-0.1, -0.05) is 31.5 Å². The molecule has 0 radical (unpaired) electrons. The van der Waals surface area contributed by atoms with Crippen LogP contribution in [0.5, 0.6) is 0 Å². The smallest absolute Gasteiger partial charge is 0.335 e. The minimum Gasteiger partial charge on any atom is -0.478 e. The minimum absolute atomic E-state index is 0.00808. The van der Waals surface area contributed by atoms with Crippen LogP contribution in [-0.2, 0) is 5.41 Å². The lowest BCUT2D eigenvalue weighted by Gasteiger charge is -2.39. The molecule has 2 N–H and O–H groups in total. The number of carboxylic acids is 1. The Morgan fingerprint density at radius 3 is 2.70 bits per heavy atom. The van der Waals surface area contributed by atoms with Gasteiger partial charge in [0.1, 0.15) is 5.82 Å². The Hall–Kier alpha value is -2.07. The third-order valence-electron chi connectivity index (χ3n) is 4.39. The Balaban J connectivity index is 2.01. The van der Waals surface area contributed by atoms with Crippen LogP contribution in [-0.4, -0.2) is 11.1 Å². The summed E-state index contributed by atoms with van der Waals surface area (Å²) in [7, 11) is 0. The molecule has 3 rings (SSSR count). The Bertz CT molecular complexity index is 789. The minimum atomic E-state index is -0.934. The maximum absolute atomic E-state index is 13.4. The lowest BCUT2D eigenvalue weighted by Crippen LogP contribution is -2.31. The van der Waals surface area contributed by atoms with Crippen molar-refractivity contribution in [2.24, 2.45) is 0 Å². The van der Waals surface area contributed by atoms with Gasteiger partial charge >= 0.3 is 5.97 Å². The number of anilines is 1. The highest BCUT2D eigenvalue weighted by Crippen LogP contribution is 2.44. The molecule has 2 aromatic rings. The van der Waals surface area contributed by atoms with Gasteiger partial charge in [0.25, 0.3) is 0 Å². The van der Waals surface area contributed by atoms with Gasteiger partial charge < -0.3 is 10.4 Å². The Labute approximate surface area is 139 Å². The maximum atomic E-state index is 13.4. The van der Waals surface area contributed by atoms with E-state index in [2.05, 4.69) is 19.2 Å². The molecule has 0 aromatic heterocycles. The molecule has 0 unspecified atom stereocenters. The van der Waals surface area contributed by atoms with Crippen molar-refractivity contribution in [2.45, 2.75) is 31.7 Å². The molecular formula is C18H17ClFNO2. The first-order valence-corrected chi connectivity index (χ1v) is 7.75. The Morgan fingerprint density at radius 2 is 2.04 bits per heavy atom. The average Bonchev–Trinajstić information content (AvgIpc) is 2.49. The van der Waals surface area contributed by atoms with E-state index < -0.39 is 11.8 Å². The molecule has 5 heteroatoms. The van der Waals surface area contributed by atoms with Crippen molar-refractivity contribution in [3.63, 3.8) is 0 Å². The molecule has 2 aromatic carbocycles. The lowest BCUT2D eigenvalue weighted by molar-refractivity contribution is 0.0696. The van der Waals surface area contributed by atoms with Gasteiger partial charge in [-0.3, -0.25) is 0 Å². The Kier molecular flexibility index (Phi) is 3.80. The summed E-state index contributed by atoms with van der Waals surface area (Å²) in [5.41, 5.74) is 2.86. The molecule has 0 aliphatic carbocycles. The molecule has 1 aliphatic rings. The van der Waals surface area contributed by atoms with Gasteiger partial charge in [0.2, 0.25) is 0 Å². The van der Waals surface area contributed by atoms with Crippen LogP contribution in [0.15, 0.2) is 36.4 Å². The number of nitrogens with one attached hydrogen (secondary N) is 1. The molecule has 23 heavy (non-hydrogen) atoms. The maximum Gasteiger partial charge on any atom is 0.335 e. The average molecular weight is 334 g/mol. The second-order valence-electron chi connectivity index (χ2n) is 6.52. The van der Waals surface area contributed by atoms with Gasteiger partial charge in [-0.15, -0.1) is 0 Å². The van der Waals surface area contributed by atoms with Crippen molar-refractivity contribution in [3.05, 3.63) is 63.9 Å². The zero-order valence-electron chi connectivity index (χ0n) is 12.9. The van der Waals surface area contributed by atoms with E-state index in [-0.39, 0.29) is 22.0 Å². The lowest BCUT2D eigenvalue weighted by atomic mass is 9.73. The molecule has 0 saturated carbocycles. The van der Waals surface area contributed by atoms with Gasteiger partial charge in [-0.2, -0.15) is 0 Å². The van der Waals surface area contributed by atoms with Crippen LogP contribution in [0.1, 0.15) is 47.8 Å². The van der Waals surface area contributed by atoms with E-state index in [1.807, 2.05) is 0 Å². The van der Waals surface area contributed by atoms with Crippen LogP contribution in [0.3, 0.4) is 0 Å². The second kappa shape index (κ2) is 5.53. The van der Waals surface area contributed by atoms with Crippen LogP contribution in [0.4, 0.5) is 10.1 Å². The molecule has 0 spiro atoms. The van der Waals surface area contributed by atoms with Crippen molar-refractivity contribution in [1.29, 1.82) is 0 Å². The number of hydrogen-bond donors (Lipinski definition) is 2. The summed E-state index contributed by atoms with van der Waals surface area (Å²) in [6.45, 7) is 4.16. The van der Waals surface area contributed by atoms with E-state index in [9.17, 15) is 14.3 Å². The SMILES string of the molecule is CC1(C)C[C@@H](c2ccc(F)c(Cl)c2)Nc2ccc(C(=O)O)cc21. The fourth-order valence-electron chi connectivity index (χ4n) is 3.15. The van der Waals surface area contributed by atoms with E-state index in [1.165, 1.54) is 6.07 Å². The monoisotopic (exact) mass is 333 g/mol. The number of hydrogen-bond acceptors (Lipinski definition) is 2. The molecule has 0 saturated heterocycles. The molecular weight excluding hydrogens is 317 g/mol. The first-order chi connectivity index (χ1) is 10.8. The molecule has 1 aliphatic heterocycles. The van der Waals surface area contributed by atoms with E-state index in [0.29, 0.717) is 0 Å². The predicted molar refractivity (Wildman–Crippen MR) is 88.8 cm³/mol. The van der Waals surface area contributed by atoms with E-state index in [1.54, 1.807) is 30.3 Å². The number of benzene rings is 2. The van der Waals surface area contributed by atoms with Gasteiger partial charge in [0.15, 0.2) is 0 Å². The Morgan fingerprint density at radius 1 is 1.30 bits per heavy atom. The zero-order chi connectivity index (χ0) is 16.8. The summed E-state index contributed by atoms with van der Waals surface area (Å²) in [5, 5.41) is 12.7. The normalized spacial score (nSPS) is 18.9. The van der Waals surface area contributed by atoms with Gasteiger partial charge in [0.05, 0.1) is 16.6 Å². The van der Waals surface area contributed by atoms with Crippen LogP contribution >= 0.6 is 11.6 Å². The molecule has 120 valence electrons. The third-order valence-corrected chi connectivity index (χ3v) is 4.68. The molecule has 0 bridgehead atoms. The summed E-state index contributed by atoms with van der Waals surface area (Å²) in [6.07, 6.45) is 0.755. The van der Waals surface area contributed by atoms with Gasteiger partial charge in [0, 0.05) is 5.69 Å². The molecule has 0 fully saturated rings. The predicted octanol–water partition coefficient (Wildman–Crippen LogP) is 5.01. The molecule has 1 atom stereocenters. The largest absolute Gasteiger partial charge is 0.478 e. The standard InChI is InChI=1S/C18H17ClFNO2/c1-18(2)9-16(10-3-5-14(20)13(19)8-10)21-15-6-4-11(17(22)23)7-12(15)18/h3-8,16,21H,9H2,1-2H3,(H,22,23)/t16-/m0/s1. The van der Waals surface area contributed by atoms with Crippen molar-refractivity contribution in [1.82, 2.24) is 0 Å². The first-order valence-electron chi connectivity index (χ1n) is 7.37. The number of carbonyl (C=O) groups is 1. The quantitative estimate of drug-likeness (QED) is 0.812. The van der Waals surface area contributed by atoms with Crippen LogP contribution in [0.25, 0.3) is 0 Å².